The number of ether oxygens (including phenoxy) is 1. The highest BCUT2D eigenvalue weighted by Gasteiger charge is 2.31. The molecule has 3 heteroatoms. The Balaban J connectivity index is 2.30. The van der Waals surface area contributed by atoms with Gasteiger partial charge >= 0.3 is 0 Å². The number of hydrogen-bond acceptors (Lipinski definition) is 2. The van der Waals surface area contributed by atoms with E-state index in [1.165, 1.54) is 12.1 Å². The third kappa shape index (κ3) is 3.42. The maximum Gasteiger partial charge on any atom is 0.123 e. The van der Waals surface area contributed by atoms with Gasteiger partial charge in [-0.15, -0.1) is 0 Å². The second-order valence-corrected chi connectivity index (χ2v) is 5.64. The van der Waals surface area contributed by atoms with Crippen LogP contribution in [-0.2, 0) is 5.41 Å². The molecule has 0 aliphatic carbocycles. The van der Waals surface area contributed by atoms with Gasteiger partial charge < -0.3 is 9.84 Å². The van der Waals surface area contributed by atoms with Crippen molar-refractivity contribution in [2.45, 2.75) is 32.3 Å². The lowest BCUT2D eigenvalue weighted by Gasteiger charge is -2.31. The molecule has 1 unspecified atom stereocenters. The second kappa shape index (κ2) is 6.27. The van der Waals surface area contributed by atoms with Crippen LogP contribution in [0.5, 0.6) is 5.75 Å². The molecule has 2 aromatic rings. The summed E-state index contributed by atoms with van der Waals surface area (Å²) >= 11 is 0. The molecule has 0 aliphatic heterocycles. The maximum absolute atomic E-state index is 13.1. The van der Waals surface area contributed by atoms with Crippen LogP contribution in [0.4, 0.5) is 4.39 Å². The van der Waals surface area contributed by atoms with E-state index in [2.05, 4.69) is 0 Å². The van der Waals surface area contributed by atoms with Crippen LogP contribution in [0.3, 0.4) is 0 Å². The van der Waals surface area contributed by atoms with Gasteiger partial charge in [-0.25, -0.2) is 4.39 Å². The number of hydrogen-bond donors (Lipinski definition) is 1. The SMILES string of the molecule is CCOc1cccc(C(O)C(C)(C)c2ccc(F)cc2)c1. The molecule has 112 valence electrons. The summed E-state index contributed by atoms with van der Waals surface area (Å²) in [5, 5.41) is 10.7. The van der Waals surface area contributed by atoms with Gasteiger partial charge in [-0.05, 0) is 42.3 Å². The molecule has 1 N–H and O–H groups in total. The quantitative estimate of drug-likeness (QED) is 0.892. The van der Waals surface area contributed by atoms with E-state index in [4.69, 9.17) is 4.74 Å². The average molecular weight is 288 g/mol. The van der Waals surface area contributed by atoms with Gasteiger partial charge in [0.25, 0.3) is 0 Å². The molecule has 0 fully saturated rings. The van der Waals surface area contributed by atoms with E-state index in [1.807, 2.05) is 45.0 Å². The summed E-state index contributed by atoms with van der Waals surface area (Å²) in [6, 6.07) is 13.7. The Morgan fingerprint density at radius 2 is 1.81 bits per heavy atom. The topological polar surface area (TPSA) is 29.5 Å². The number of halogens is 1. The standard InChI is InChI=1S/C18H21FO2/c1-4-21-16-7-5-6-13(12-16)17(20)18(2,3)14-8-10-15(19)11-9-14/h5-12,17,20H,4H2,1-3H3. The van der Waals surface area contributed by atoms with Crippen LogP contribution in [0, 0.1) is 5.82 Å². The summed E-state index contributed by atoms with van der Waals surface area (Å²) in [5.41, 5.74) is 1.15. The van der Waals surface area contributed by atoms with E-state index in [0.29, 0.717) is 6.61 Å². The summed E-state index contributed by atoms with van der Waals surface area (Å²) < 4.78 is 18.5. The lowest BCUT2D eigenvalue weighted by atomic mass is 9.76. The van der Waals surface area contributed by atoms with Crippen molar-refractivity contribution in [3.05, 3.63) is 65.5 Å². The predicted molar refractivity (Wildman–Crippen MR) is 82.0 cm³/mol. The third-order valence-corrected chi connectivity index (χ3v) is 3.76. The van der Waals surface area contributed by atoms with Crippen LogP contribution in [0.2, 0.25) is 0 Å². The predicted octanol–water partition coefficient (Wildman–Crippen LogP) is 4.24. The molecule has 1 atom stereocenters. The lowest BCUT2D eigenvalue weighted by Crippen LogP contribution is -2.26. The molecule has 0 saturated heterocycles. The van der Waals surface area contributed by atoms with Crippen molar-refractivity contribution in [2.24, 2.45) is 0 Å². The van der Waals surface area contributed by atoms with Gasteiger partial charge in [0.15, 0.2) is 0 Å². The largest absolute Gasteiger partial charge is 0.494 e. The van der Waals surface area contributed by atoms with Crippen molar-refractivity contribution in [1.29, 1.82) is 0 Å². The van der Waals surface area contributed by atoms with Crippen molar-refractivity contribution < 1.29 is 14.2 Å². The summed E-state index contributed by atoms with van der Waals surface area (Å²) in [6.07, 6.45) is -0.705. The molecular formula is C18H21FO2. The van der Waals surface area contributed by atoms with Gasteiger partial charge in [0.05, 0.1) is 12.7 Å². The number of aliphatic hydroxyl groups excluding tert-OH is 1. The number of rotatable bonds is 5. The first-order valence-electron chi connectivity index (χ1n) is 7.12. The Labute approximate surface area is 125 Å². The fourth-order valence-electron chi connectivity index (χ4n) is 2.40. The minimum absolute atomic E-state index is 0.276. The Kier molecular flexibility index (Phi) is 4.63. The highest BCUT2D eigenvalue weighted by atomic mass is 19.1. The van der Waals surface area contributed by atoms with Gasteiger partial charge in [-0.1, -0.05) is 38.1 Å². The monoisotopic (exact) mass is 288 g/mol. The first kappa shape index (κ1) is 15.5. The van der Waals surface area contributed by atoms with Crippen LogP contribution < -0.4 is 4.74 Å². The molecule has 0 heterocycles. The fourth-order valence-corrected chi connectivity index (χ4v) is 2.40. The van der Waals surface area contributed by atoms with Crippen molar-refractivity contribution in [3.8, 4) is 5.75 Å². The van der Waals surface area contributed by atoms with E-state index >= 15 is 0 Å². The molecule has 0 saturated carbocycles. The normalized spacial score (nSPS) is 13.0. The molecule has 2 rings (SSSR count). The van der Waals surface area contributed by atoms with Gasteiger partial charge in [0.2, 0.25) is 0 Å². The minimum atomic E-state index is -0.705. The summed E-state index contributed by atoms with van der Waals surface area (Å²) in [6.45, 7) is 6.39. The van der Waals surface area contributed by atoms with E-state index < -0.39 is 11.5 Å². The first-order chi connectivity index (χ1) is 9.95. The summed E-state index contributed by atoms with van der Waals surface area (Å²) in [7, 11) is 0. The second-order valence-electron chi connectivity index (χ2n) is 5.64. The fraction of sp³-hybridized carbons (Fsp3) is 0.333. The molecule has 0 amide bonds. The maximum atomic E-state index is 13.1. The minimum Gasteiger partial charge on any atom is -0.494 e. The van der Waals surface area contributed by atoms with Crippen molar-refractivity contribution in [3.63, 3.8) is 0 Å². The number of benzene rings is 2. The molecule has 2 nitrogen and oxygen atoms in total. The van der Waals surface area contributed by atoms with E-state index in [-0.39, 0.29) is 5.82 Å². The molecule has 0 spiro atoms. The van der Waals surface area contributed by atoms with Crippen LogP contribution in [-0.4, -0.2) is 11.7 Å². The van der Waals surface area contributed by atoms with Crippen LogP contribution in [0.15, 0.2) is 48.5 Å². The van der Waals surface area contributed by atoms with Gasteiger partial charge in [-0.3, -0.25) is 0 Å². The van der Waals surface area contributed by atoms with E-state index in [9.17, 15) is 9.50 Å². The van der Waals surface area contributed by atoms with Gasteiger partial charge in [-0.2, -0.15) is 0 Å². The van der Waals surface area contributed by atoms with Crippen molar-refractivity contribution >= 4 is 0 Å². The first-order valence-corrected chi connectivity index (χ1v) is 7.12. The summed E-state index contributed by atoms with van der Waals surface area (Å²) in [5.74, 6) is 0.464. The van der Waals surface area contributed by atoms with Crippen molar-refractivity contribution in [1.82, 2.24) is 0 Å². The van der Waals surface area contributed by atoms with Gasteiger partial charge in [0.1, 0.15) is 11.6 Å². The zero-order valence-electron chi connectivity index (χ0n) is 12.6. The highest BCUT2D eigenvalue weighted by molar-refractivity contribution is 5.35. The molecule has 2 aromatic carbocycles. The average Bonchev–Trinajstić information content (AvgIpc) is 2.47. The zero-order chi connectivity index (χ0) is 15.5. The van der Waals surface area contributed by atoms with E-state index in [0.717, 1.165) is 16.9 Å². The lowest BCUT2D eigenvalue weighted by molar-refractivity contribution is 0.0999. The molecule has 21 heavy (non-hydrogen) atoms. The van der Waals surface area contributed by atoms with Crippen LogP contribution in [0.1, 0.15) is 38.0 Å². The Morgan fingerprint density at radius 1 is 1.14 bits per heavy atom. The van der Waals surface area contributed by atoms with E-state index in [1.54, 1.807) is 12.1 Å². The zero-order valence-corrected chi connectivity index (χ0v) is 12.6. The Bertz CT molecular complexity index is 590. The van der Waals surface area contributed by atoms with Crippen molar-refractivity contribution in [2.75, 3.05) is 6.61 Å². The summed E-state index contributed by atoms with van der Waals surface area (Å²) in [4.78, 5) is 0. The smallest absolute Gasteiger partial charge is 0.123 e. The number of aliphatic hydroxyl groups is 1. The van der Waals surface area contributed by atoms with Crippen LogP contribution >= 0.6 is 0 Å². The Morgan fingerprint density at radius 3 is 2.43 bits per heavy atom. The molecule has 0 aromatic heterocycles. The molecule has 0 bridgehead atoms. The highest BCUT2D eigenvalue weighted by Crippen LogP contribution is 2.37. The molecular weight excluding hydrogens is 267 g/mol. The van der Waals surface area contributed by atoms with Gasteiger partial charge in [0, 0.05) is 5.41 Å². The molecule has 0 radical (unpaired) electrons. The molecule has 0 aliphatic rings. The third-order valence-electron chi connectivity index (χ3n) is 3.76. The Hall–Kier alpha value is -1.87. The van der Waals surface area contributed by atoms with Crippen LogP contribution in [0.25, 0.3) is 0 Å².